The maximum absolute atomic E-state index is 13.0. The zero-order chi connectivity index (χ0) is 19.4. The van der Waals surface area contributed by atoms with Crippen molar-refractivity contribution < 1.29 is 13.2 Å². The van der Waals surface area contributed by atoms with Gasteiger partial charge in [-0.25, -0.2) is 8.42 Å². The van der Waals surface area contributed by atoms with Gasteiger partial charge in [0.25, 0.3) is 0 Å². The second-order valence-electron chi connectivity index (χ2n) is 6.81. The Morgan fingerprint density at radius 3 is 2.44 bits per heavy atom. The van der Waals surface area contributed by atoms with Crippen LogP contribution in [0.1, 0.15) is 24.9 Å². The van der Waals surface area contributed by atoms with Crippen LogP contribution in [0.25, 0.3) is 0 Å². The Hall–Kier alpha value is -1.89. The molecule has 5 nitrogen and oxygen atoms in total. The first-order valence-electron chi connectivity index (χ1n) is 8.92. The maximum atomic E-state index is 13.0. The van der Waals surface area contributed by atoms with E-state index in [-0.39, 0.29) is 36.0 Å². The van der Waals surface area contributed by atoms with Gasteiger partial charge in [-0.1, -0.05) is 41.9 Å². The highest BCUT2D eigenvalue weighted by atomic mass is 35.5. The fraction of sp³-hybridized carbons (Fsp3) is 0.350. The molecule has 0 saturated carbocycles. The van der Waals surface area contributed by atoms with Crippen molar-refractivity contribution in [2.24, 2.45) is 0 Å². The van der Waals surface area contributed by atoms with E-state index in [0.29, 0.717) is 11.4 Å². The number of hydrogen-bond donors (Lipinski definition) is 1. The van der Waals surface area contributed by atoms with Crippen LogP contribution in [0.3, 0.4) is 0 Å². The third kappa shape index (κ3) is 5.09. The Labute approximate surface area is 165 Å². The number of halogens is 1. The molecule has 0 radical (unpaired) electrons. The van der Waals surface area contributed by atoms with Gasteiger partial charge >= 0.3 is 0 Å². The summed E-state index contributed by atoms with van der Waals surface area (Å²) in [4.78, 5) is 14.6. The van der Waals surface area contributed by atoms with Crippen LogP contribution < -0.4 is 10.2 Å². The largest absolute Gasteiger partial charge is 0.307 e. The van der Waals surface area contributed by atoms with Gasteiger partial charge in [0.15, 0.2) is 9.84 Å². The van der Waals surface area contributed by atoms with Crippen LogP contribution in [0, 0.1) is 0 Å². The summed E-state index contributed by atoms with van der Waals surface area (Å²) in [6.07, 6.45) is 0.468. The quantitative estimate of drug-likeness (QED) is 0.799. The van der Waals surface area contributed by atoms with Crippen LogP contribution in [0.4, 0.5) is 5.69 Å². The van der Waals surface area contributed by atoms with E-state index in [1.54, 1.807) is 4.90 Å². The van der Waals surface area contributed by atoms with Crippen molar-refractivity contribution in [3.8, 4) is 0 Å². The molecule has 1 heterocycles. The van der Waals surface area contributed by atoms with Gasteiger partial charge in [-0.15, -0.1) is 0 Å². The maximum Gasteiger partial charge on any atom is 0.241 e. The van der Waals surface area contributed by atoms with Crippen LogP contribution in [-0.4, -0.2) is 38.4 Å². The minimum atomic E-state index is -3.09. The number of anilines is 1. The fourth-order valence-electron chi connectivity index (χ4n) is 3.32. The van der Waals surface area contributed by atoms with Crippen LogP contribution in [0.5, 0.6) is 0 Å². The number of benzene rings is 2. The lowest BCUT2D eigenvalue weighted by Crippen LogP contribution is -2.46. The van der Waals surface area contributed by atoms with Gasteiger partial charge in [0, 0.05) is 16.8 Å². The molecule has 1 amide bonds. The summed E-state index contributed by atoms with van der Waals surface area (Å²) in [5.41, 5.74) is 1.76. The smallest absolute Gasteiger partial charge is 0.241 e. The summed E-state index contributed by atoms with van der Waals surface area (Å²) in [5, 5.41) is 3.90. The molecule has 2 aromatic carbocycles. The third-order valence-corrected chi connectivity index (χ3v) is 6.81. The number of sulfone groups is 1. The highest BCUT2D eigenvalue weighted by molar-refractivity contribution is 7.91. The van der Waals surface area contributed by atoms with Crippen molar-refractivity contribution in [3.63, 3.8) is 0 Å². The summed E-state index contributed by atoms with van der Waals surface area (Å²) >= 11 is 5.92. The molecular formula is C20H23ClN2O3S. The standard InChI is InChI=1S/C20H23ClN2O3S/c1-15(16-7-9-17(21)10-8-16)22-13-20(24)23(18-5-3-2-4-6-18)19-11-12-27(25,26)14-19/h2-10,15,19,22H,11-14H2,1H3/t15-,19-/m0/s1. The van der Waals surface area contributed by atoms with Gasteiger partial charge in [0.2, 0.25) is 5.91 Å². The predicted octanol–water partition coefficient (Wildman–Crippen LogP) is 3.21. The second kappa shape index (κ2) is 8.42. The topological polar surface area (TPSA) is 66.5 Å². The number of rotatable bonds is 6. The zero-order valence-electron chi connectivity index (χ0n) is 15.1. The van der Waals surface area contributed by atoms with E-state index < -0.39 is 9.84 Å². The van der Waals surface area contributed by atoms with Crippen molar-refractivity contribution in [3.05, 3.63) is 65.2 Å². The molecule has 27 heavy (non-hydrogen) atoms. The molecule has 0 bridgehead atoms. The summed E-state index contributed by atoms with van der Waals surface area (Å²) in [6.45, 7) is 2.10. The fourth-order valence-corrected chi connectivity index (χ4v) is 5.15. The van der Waals surface area contributed by atoms with Crippen LogP contribution in [0.15, 0.2) is 54.6 Å². The molecule has 1 aliphatic rings. The van der Waals surface area contributed by atoms with Gasteiger partial charge < -0.3 is 10.2 Å². The molecule has 7 heteroatoms. The first-order chi connectivity index (χ1) is 12.9. The molecule has 1 aliphatic heterocycles. The van der Waals surface area contributed by atoms with Gasteiger partial charge in [-0.2, -0.15) is 0 Å². The number of amides is 1. The van der Waals surface area contributed by atoms with Gasteiger partial charge in [0.1, 0.15) is 0 Å². The molecular weight excluding hydrogens is 384 g/mol. The number of nitrogens with one attached hydrogen (secondary N) is 1. The number of carbonyl (C=O) groups excluding carboxylic acids is 1. The minimum Gasteiger partial charge on any atom is -0.307 e. The van der Waals surface area contributed by atoms with Crippen LogP contribution >= 0.6 is 11.6 Å². The molecule has 0 spiro atoms. The molecule has 144 valence electrons. The Morgan fingerprint density at radius 1 is 1.19 bits per heavy atom. The van der Waals surface area contributed by atoms with E-state index in [2.05, 4.69) is 5.32 Å². The molecule has 2 aromatic rings. The average Bonchev–Trinajstić information content (AvgIpc) is 3.00. The van der Waals surface area contributed by atoms with Crippen LogP contribution in [-0.2, 0) is 14.6 Å². The molecule has 0 aromatic heterocycles. The van der Waals surface area contributed by atoms with Gasteiger partial charge in [-0.05, 0) is 43.2 Å². The average molecular weight is 407 g/mol. The summed E-state index contributed by atoms with van der Waals surface area (Å²) < 4.78 is 23.8. The monoisotopic (exact) mass is 406 g/mol. The van der Waals surface area contributed by atoms with E-state index >= 15 is 0 Å². The lowest BCUT2D eigenvalue weighted by atomic mass is 10.1. The number of para-hydroxylation sites is 1. The van der Waals surface area contributed by atoms with Crippen LogP contribution in [0.2, 0.25) is 5.02 Å². The second-order valence-corrected chi connectivity index (χ2v) is 9.48. The van der Waals surface area contributed by atoms with Crippen molar-refractivity contribution in [2.75, 3.05) is 23.0 Å². The van der Waals surface area contributed by atoms with Crippen molar-refractivity contribution in [1.82, 2.24) is 5.32 Å². The van der Waals surface area contributed by atoms with Gasteiger partial charge in [-0.3, -0.25) is 4.79 Å². The Bertz CT molecular complexity index is 885. The van der Waals surface area contributed by atoms with Crippen molar-refractivity contribution in [1.29, 1.82) is 0 Å². The van der Waals surface area contributed by atoms with Crippen molar-refractivity contribution >= 4 is 33.0 Å². The van der Waals surface area contributed by atoms with E-state index in [1.165, 1.54) is 0 Å². The lowest BCUT2D eigenvalue weighted by molar-refractivity contribution is -0.118. The highest BCUT2D eigenvalue weighted by Gasteiger charge is 2.35. The number of carbonyl (C=O) groups is 1. The van der Waals surface area contributed by atoms with E-state index in [9.17, 15) is 13.2 Å². The van der Waals surface area contributed by atoms with E-state index in [1.807, 2.05) is 61.5 Å². The molecule has 0 aliphatic carbocycles. The molecule has 2 atom stereocenters. The molecule has 0 unspecified atom stereocenters. The molecule has 1 fully saturated rings. The number of hydrogen-bond acceptors (Lipinski definition) is 4. The molecule has 1 N–H and O–H groups in total. The predicted molar refractivity (Wildman–Crippen MR) is 109 cm³/mol. The Morgan fingerprint density at radius 2 is 1.85 bits per heavy atom. The van der Waals surface area contributed by atoms with E-state index in [4.69, 9.17) is 11.6 Å². The zero-order valence-corrected chi connectivity index (χ0v) is 16.7. The van der Waals surface area contributed by atoms with Gasteiger partial charge in [0.05, 0.1) is 24.1 Å². The minimum absolute atomic E-state index is 0.0143. The Kier molecular flexibility index (Phi) is 6.19. The first kappa shape index (κ1) is 19.9. The molecule has 1 saturated heterocycles. The SMILES string of the molecule is C[C@H](NCC(=O)N(c1ccccc1)[C@H]1CCS(=O)(=O)C1)c1ccc(Cl)cc1. The number of nitrogens with zero attached hydrogens (tertiary/aromatic N) is 1. The Balaban J connectivity index is 1.72. The summed E-state index contributed by atoms with van der Waals surface area (Å²) in [7, 11) is -3.09. The summed E-state index contributed by atoms with van der Waals surface area (Å²) in [6, 6.07) is 16.4. The summed E-state index contributed by atoms with van der Waals surface area (Å²) in [5.74, 6) is 0.00704. The lowest BCUT2D eigenvalue weighted by Gasteiger charge is -2.29. The molecule has 3 rings (SSSR count). The third-order valence-electron chi connectivity index (χ3n) is 4.81. The normalized spacial score (nSPS) is 19.6. The van der Waals surface area contributed by atoms with E-state index in [0.717, 1.165) is 11.3 Å². The first-order valence-corrected chi connectivity index (χ1v) is 11.1. The highest BCUT2D eigenvalue weighted by Crippen LogP contribution is 2.24. The van der Waals surface area contributed by atoms with Crippen molar-refractivity contribution in [2.45, 2.75) is 25.4 Å².